The number of hydrogen-bond acceptors (Lipinski definition) is 2. The summed E-state index contributed by atoms with van der Waals surface area (Å²) < 4.78 is 0. The smallest absolute Gasteiger partial charge is 0.205 e. The van der Waals surface area contributed by atoms with Crippen molar-refractivity contribution in [1.29, 1.82) is 0 Å². The van der Waals surface area contributed by atoms with E-state index in [1.807, 2.05) is 0 Å². The molecule has 4 nitrogen and oxygen atoms in total. The Labute approximate surface area is 86.3 Å². The lowest BCUT2D eigenvalue weighted by atomic mass is 9.83. The molecular formula is C10H22N4. The highest BCUT2D eigenvalue weighted by Crippen LogP contribution is 2.27. The van der Waals surface area contributed by atoms with E-state index in [0.717, 1.165) is 18.4 Å². The van der Waals surface area contributed by atoms with Gasteiger partial charge in [0.15, 0.2) is 0 Å². The Morgan fingerprint density at radius 2 is 2.00 bits per heavy atom. The van der Waals surface area contributed by atoms with Crippen LogP contribution in [0.25, 0.3) is 0 Å². The molecule has 1 aliphatic carbocycles. The van der Waals surface area contributed by atoms with E-state index in [1.54, 1.807) is 7.05 Å². The van der Waals surface area contributed by atoms with Crippen LogP contribution in [0.5, 0.6) is 0 Å². The average Bonchev–Trinajstić information content (AvgIpc) is 2.22. The number of guanidine groups is 1. The van der Waals surface area contributed by atoms with Gasteiger partial charge < -0.3 is 5.32 Å². The van der Waals surface area contributed by atoms with Crippen LogP contribution in [-0.2, 0) is 0 Å². The molecule has 0 atom stereocenters. The zero-order valence-corrected chi connectivity index (χ0v) is 9.21. The zero-order valence-electron chi connectivity index (χ0n) is 9.21. The van der Waals surface area contributed by atoms with Crippen molar-refractivity contribution >= 4 is 5.96 Å². The van der Waals surface area contributed by atoms with Gasteiger partial charge in [0.1, 0.15) is 0 Å². The summed E-state index contributed by atoms with van der Waals surface area (Å²) in [5.74, 6) is 7.66. The Hall–Kier alpha value is -0.770. The SMILES string of the molecule is CN=C(NN)NCC1CCC(C)CC1. The lowest BCUT2D eigenvalue weighted by Gasteiger charge is -2.26. The van der Waals surface area contributed by atoms with Crippen molar-refractivity contribution in [2.75, 3.05) is 13.6 Å². The van der Waals surface area contributed by atoms with Crippen molar-refractivity contribution in [3.05, 3.63) is 0 Å². The fraction of sp³-hybridized carbons (Fsp3) is 0.900. The van der Waals surface area contributed by atoms with Gasteiger partial charge >= 0.3 is 0 Å². The van der Waals surface area contributed by atoms with Crippen molar-refractivity contribution in [3.8, 4) is 0 Å². The summed E-state index contributed by atoms with van der Waals surface area (Å²) in [6, 6.07) is 0. The Morgan fingerprint density at radius 3 is 2.50 bits per heavy atom. The first-order chi connectivity index (χ1) is 6.76. The van der Waals surface area contributed by atoms with E-state index in [2.05, 4.69) is 22.7 Å². The summed E-state index contributed by atoms with van der Waals surface area (Å²) in [5, 5.41) is 3.22. The normalized spacial score (nSPS) is 28.6. The standard InChI is InChI=1S/C10H22N4/c1-8-3-5-9(6-4-8)7-13-10(12-2)14-11/h8-9H,3-7,11H2,1-2H3,(H2,12,13,14). The molecule has 0 aromatic carbocycles. The van der Waals surface area contributed by atoms with Gasteiger partial charge in [-0.05, 0) is 24.7 Å². The van der Waals surface area contributed by atoms with E-state index in [4.69, 9.17) is 5.84 Å². The molecule has 0 aromatic rings. The van der Waals surface area contributed by atoms with Crippen LogP contribution in [0.2, 0.25) is 0 Å². The molecule has 0 amide bonds. The van der Waals surface area contributed by atoms with Crippen LogP contribution in [0.4, 0.5) is 0 Å². The third-order valence-electron chi connectivity index (χ3n) is 3.05. The number of hydrogen-bond donors (Lipinski definition) is 3. The van der Waals surface area contributed by atoms with Gasteiger partial charge in [0.2, 0.25) is 5.96 Å². The first-order valence-electron chi connectivity index (χ1n) is 5.43. The van der Waals surface area contributed by atoms with Crippen LogP contribution in [0.3, 0.4) is 0 Å². The molecule has 0 radical (unpaired) electrons. The molecule has 0 heterocycles. The first-order valence-corrected chi connectivity index (χ1v) is 5.43. The monoisotopic (exact) mass is 198 g/mol. The number of nitrogens with two attached hydrogens (primary N) is 1. The maximum absolute atomic E-state index is 5.28. The van der Waals surface area contributed by atoms with Gasteiger partial charge in [-0.3, -0.25) is 10.4 Å². The molecule has 0 aromatic heterocycles. The minimum Gasteiger partial charge on any atom is -0.355 e. The molecule has 1 saturated carbocycles. The van der Waals surface area contributed by atoms with Gasteiger partial charge in [0.25, 0.3) is 0 Å². The highest BCUT2D eigenvalue weighted by molar-refractivity contribution is 5.78. The van der Waals surface area contributed by atoms with Crippen molar-refractivity contribution < 1.29 is 0 Å². The molecule has 4 heteroatoms. The van der Waals surface area contributed by atoms with E-state index in [-0.39, 0.29) is 0 Å². The first kappa shape index (κ1) is 11.3. The lowest BCUT2D eigenvalue weighted by Crippen LogP contribution is -2.43. The van der Waals surface area contributed by atoms with E-state index in [9.17, 15) is 0 Å². The highest BCUT2D eigenvalue weighted by atomic mass is 15.3. The molecule has 0 unspecified atom stereocenters. The molecule has 0 aliphatic heterocycles. The number of rotatable bonds is 2. The second kappa shape index (κ2) is 5.86. The molecule has 1 fully saturated rings. The van der Waals surface area contributed by atoms with Gasteiger partial charge in [0.05, 0.1) is 0 Å². The summed E-state index contributed by atoms with van der Waals surface area (Å²) in [6.07, 6.45) is 5.38. The van der Waals surface area contributed by atoms with Crippen molar-refractivity contribution in [3.63, 3.8) is 0 Å². The molecule has 0 saturated heterocycles. The van der Waals surface area contributed by atoms with Crippen LogP contribution in [0, 0.1) is 11.8 Å². The van der Waals surface area contributed by atoms with Gasteiger partial charge in [-0.2, -0.15) is 0 Å². The van der Waals surface area contributed by atoms with Crippen LogP contribution < -0.4 is 16.6 Å². The Balaban J connectivity index is 2.18. The largest absolute Gasteiger partial charge is 0.355 e. The number of hydrazine groups is 1. The van der Waals surface area contributed by atoms with E-state index in [1.165, 1.54) is 25.7 Å². The highest BCUT2D eigenvalue weighted by Gasteiger charge is 2.17. The van der Waals surface area contributed by atoms with E-state index >= 15 is 0 Å². The third-order valence-corrected chi connectivity index (χ3v) is 3.05. The van der Waals surface area contributed by atoms with Crippen LogP contribution in [0.1, 0.15) is 32.6 Å². The maximum atomic E-state index is 5.28. The minimum absolute atomic E-state index is 0.684. The summed E-state index contributed by atoms with van der Waals surface area (Å²) in [7, 11) is 1.73. The predicted octanol–water partition coefficient (Wildman–Crippen LogP) is 0.851. The summed E-state index contributed by atoms with van der Waals surface area (Å²) in [6.45, 7) is 3.33. The quantitative estimate of drug-likeness (QED) is 0.267. The molecule has 4 N–H and O–H groups in total. The number of aliphatic imine (C=N–C) groups is 1. The van der Waals surface area contributed by atoms with Gasteiger partial charge in [0, 0.05) is 13.6 Å². The van der Waals surface area contributed by atoms with E-state index in [0.29, 0.717) is 5.96 Å². The van der Waals surface area contributed by atoms with Gasteiger partial charge in [-0.25, -0.2) is 5.84 Å². The fourth-order valence-electron chi connectivity index (χ4n) is 1.97. The summed E-state index contributed by atoms with van der Waals surface area (Å²) in [5.41, 5.74) is 2.54. The summed E-state index contributed by atoms with van der Waals surface area (Å²) >= 11 is 0. The molecule has 1 aliphatic rings. The van der Waals surface area contributed by atoms with Crippen LogP contribution in [-0.4, -0.2) is 19.6 Å². The Bertz CT molecular complexity index is 183. The minimum atomic E-state index is 0.684. The number of nitrogens with one attached hydrogen (secondary N) is 2. The van der Waals surface area contributed by atoms with Crippen LogP contribution >= 0.6 is 0 Å². The Kier molecular flexibility index (Phi) is 4.73. The van der Waals surface area contributed by atoms with Crippen molar-refractivity contribution in [2.24, 2.45) is 22.7 Å². The average molecular weight is 198 g/mol. The molecular weight excluding hydrogens is 176 g/mol. The maximum Gasteiger partial charge on any atom is 0.205 e. The van der Waals surface area contributed by atoms with Gasteiger partial charge in [-0.15, -0.1) is 0 Å². The van der Waals surface area contributed by atoms with Crippen molar-refractivity contribution in [1.82, 2.24) is 10.7 Å². The lowest BCUT2D eigenvalue weighted by molar-refractivity contribution is 0.289. The third kappa shape index (κ3) is 3.54. The fourth-order valence-corrected chi connectivity index (χ4v) is 1.97. The second-order valence-electron chi connectivity index (χ2n) is 4.22. The van der Waals surface area contributed by atoms with E-state index < -0.39 is 0 Å². The van der Waals surface area contributed by atoms with Gasteiger partial charge in [-0.1, -0.05) is 19.8 Å². The molecule has 82 valence electrons. The van der Waals surface area contributed by atoms with Crippen molar-refractivity contribution in [2.45, 2.75) is 32.6 Å². The zero-order chi connectivity index (χ0) is 10.4. The molecule has 0 spiro atoms. The molecule has 0 bridgehead atoms. The Morgan fingerprint density at radius 1 is 1.36 bits per heavy atom. The van der Waals surface area contributed by atoms with Crippen LogP contribution in [0.15, 0.2) is 4.99 Å². The predicted molar refractivity (Wildman–Crippen MR) is 59.8 cm³/mol. The molecule has 14 heavy (non-hydrogen) atoms. The topological polar surface area (TPSA) is 62.4 Å². The second-order valence-corrected chi connectivity index (χ2v) is 4.22. The number of nitrogens with zero attached hydrogens (tertiary/aromatic N) is 1. The molecule has 1 rings (SSSR count). The summed E-state index contributed by atoms with van der Waals surface area (Å²) in [4.78, 5) is 3.98.